The third kappa shape index (κ3) is 3.53. The SMILES string of the molecule is IB1CB(I)CB(I)C1. The van der Waals surface area contributed by atoms with E-state index in [1.165, 1.54) is 18.7 Å². The lowest BCUT2D eigenvalue weighted by atomic mass is 9.32. The van der Waals surface area contributed by atoms with Gasteiger partial charge in [-0.3, -0.25) is 0 Å². The zero-order chi connectivity index (χ0) is 6.85. The first-order chi connectivity index (χ1) is 4.18. The molecular formula is C3H6B3I3. The molecule has 1 aliphatic heterocycles. The highest BCUT2D eigenvalue weighted by Crippen LogP contribution is 2.28. The van der Waals surface area contributed by atoms with Crippen molar-refractivity contribution < 1.29 is 0 Å². The molecule has 1 saturated heterocycles. The quantitative estimate of drug-likeness (QED) is 0.390. The Bertz CT molecular complexity index is 75.3. The second-order valence-corrected chi connectivity index (χ2v) is 7.78. The highest BCUT2D eigenvalue weighted by molar-refractivity contribution is 14.1. The van der Waals surface area contributed by atoms with Gasteiger partial charge in [-0.1, -0.05) is 18.7 Å². The molecule has 0 aromatic carbocycles. The molecule has 6 heteroatoms. The smallest absolute Gasteiger partial charge is 0.151 e. The summed E-state index contributed by atoms with van der Waals surface area (Å²) >= 11 is 7.73. The highest BCUT2D eigenvalue weighted by Gasteiger charge is 2.30. The van der Waals surface area contributed by atoms with Crippen LogP contribution in [0.1, 0.15) is 0 Å². The summed E-state index contributed by atoms with van der Waals surface area (Å²) in [6, 6.07) is 0. The maximum Gasteiger partial charge on any atom is 0.205 e. The van der Waals surface area contributed by atoms with E-state index < -0.39 is 0 Å². The number of hydrogen-bond donors (Lipinski definition) is 0. The topological polar surface area (TPSA) is 0 Å². The maximum absolute atomic E-state index is 2.58. The summed E-state index contributed by atoms with van der Waals surface area (Å²) < 4.78 is 2.83. The zero-order valence-corrected chi connectivity index (χ0v) is 11.5. The molecule has 48 valence electrons. The largest absolute Gasteiger partial charge is 0.205 e. The van der Waals surface area contributed by atoms with E-state index in [9.17, 15) is 0 Å². The highest BCUT2D eigenvalue weighted by atomic mass is 127. The Kier molecular flexibility index (Phi) is 4.65. The Balaban J connectivity index is 2.34. The van der Waals surface area contributed by atoms with Crippen LogP contribution in [0.15, 0.2) is 0 Å². The lowest BCUT2D eigenvalue weighted by molar-refractivity contribution is 1.69. The number of rotatable bonds is 0. The third-order valence-corrected chi connectivity index (χ3v) is 4.59. The molecule has 0 amide bonds. The Labute approximate surface area is 97.9 Å². The van der Waals surface area contributed by atoms with Crippen molar-refractivity contribution in [3.63, 3.8) is 0 Å². The van der Waals surface area contributed by atoms with Crippen molar-refractivity contribution in [1.82, 2.24) is 0 Å². The van der Waals surface area contributed by atoms with Crippen LogP contribution >= 0.6 is 67.1 Å². The van der Waals surface area contributed by atoms with E-state index in [0.717, 1.165) is 13.7 Å². The van der Waals surface area contributed by atoms with E-state index >= 15 is 0 Å². The summed E-state index contributed by atoms with van der Waals surface area (Å²) in [6.07, 6.45) is 4.29. The fourth-order valence-corrected chi connectivity index (χ4v) is 7.72. The van der Waals surface area contributed by atoms with E-state index in [1.807, 2.05) is 0 Å². The van der Waals surface area contributed by atoms with Crippen LogP contribution in [-0.2, 0) is 0 Å². The van der Waals surface area contributed by atoms with Crippen molar-refractivity contribution in [2.75, 3.05) is 0 Å². The molecule has 0 bridgehead atoms. The van der Waals surface area contributed by atoms with Gasteiger partial charge >= 0.3 is 0 Å². The predicted molar refractivity (Wildman–Crippen MR) is 73.7 cm³/mol. The van der Waals surface area contributed by atoms with Crippen LogP contribution in [-0.4, -0.2) is 13.7 Å². The first kappa shape index (κ1) is 9.47. The van der Waals surface area contributed by atoms with Crippen LogP contribution < -0.4 is 0 Å². The van der Waals surface area contributed by atoms with E-state index in [4.69, 9.17) is 0 Å². The van der Waals surface area contributed by atoms with Crippen LogP contribution in [0, 0.1) is 0 Å². The minimum absolute atomic E-state index is 0.945. The van der Waals surface area contributed by atoms with Gasteiger partial charge in [-0.25, -0.2) is 0 Å². The Morgan fingerprint density at radius 3 is 1.11 bits per heavy atom. The summed E-state index contributed by atoms with van der Waals surface area (Å²) in [5.41, 5.74) is 0. The summed E-state index contributed by atoms with van der Waals surface area (Å²) in [5, 5.41) is 0. The molecule has 1 fully saturated rings. The molecule has 0 atom stereocenters. The fourth-order valence-electron chi connectivity index (χ4n) is 1.12. The molecule has 0 unspecified atom stereocenters. The maximum atomic E-state index is 2.58. The number of hydrogen-bond acceptors (Lipinski definition) is 0. The summed E-state index contributed by atoms with van der Waals surface area (Å²) in [7, 11) is 0. The van der Waals surface area contributed by atoms with E-state index in [2.05, 4.69) is 67.1 Å². The Hall–Kier alpha value is 2.38. The molecule has 9 heavy (non-hydrogen) atoms. The lowest BCUT2D eigenvalue weighted by Crippen LogP contribution is -2.29. The third-order valence-electron chi connectivity index (χ3n) is 1.53. The van der Waals surface area contributed by atoms with Crippen molar-refractivity contribution in [3.05, 3.63) is 0 Å². The normalized spacial score (nSPS) is 21.0. The van der Waals surface area contributed by atoms with E-state index in [-0.39, 0.29) is 0 Å². The van der Waals surface area contributed by atoms with Gasteiger partial charge in [-0.15, -0.1) is 0 Å². The van der Waals surface area contributed by atoms with Gasteiger partial charge in [0.15, 0.2) is 0 Å². The van der Waals surface area contributed by atoms with E-state index in [0.29, 0.717) is 0 Å². The second-order valence-electron chi connectivity index (χ2n) is 2.50. The minimum Gasteiger partial charge on any atom is -0.151 e. The summed E-state index contributed by atoms with van der Waals surface area (Å²) in [4.78, 5) is 0. The van der Waals surface area contributed by atoms with Crippen LogP contribution in [0.3, 0.4) is 0 Å². The van der Waals surface area contributed by atoms with Crippen molar-refractivity contribution in [2.24, 2.45) is 0 Å². The van der Waals surface area contributed by atoms with Gasteiger partial charge in [0, 0.05) is 0 Å². The van der Waals surface area contributed by atoms with Crippen molar-refractivity contribution in [2.45, 2.75) is 18.7 Å². The second kappa shape index (κ2) is 4.42. The molecule has 0 aromatic rings. The summed E-state index contributed by atoms with van der Waals surface area (Å²) in [5.74, 6) is 0. The van der Waals surface area contributed by atoms with Gasteiger partial charge in [0.05, 0.1) is 0 Å². The molecule has 0 aromatic heterocycles. The first-order valence-electron chi connectivity index (χ1n) is 3.10. The van der Waals surface area contributed by atoms with Crippen molar-refractivity contribution in [3.8, 4) is 0 Å². The standard InChI is InChI=1S/C3H6B3I3/c7-4-1-5(8)3-6(9)2-4/h1-3H2. The zero-order valence-electron chi connectivity index (χ0n) is 4.99. The molecule has 0 saturated carbocycles. The van der Waals surface area contributed by atoms with E-state index in [1.54, 1.807) is 0 Å². The average Bonchev–Trinajstić information content (AvgIpc) is 1.59. The fraction of sp³-hybridized carbons (Fsp3) is 1.00. The predicted octanol–water partition coefficient (Wildman–Crippen LogP) is 2.90. The molecule has 1 rings (SSSR count). The van der Waals surface area contributed by atoms with Crippen LogP contribution in [0.2, 0.25) is 18.7 Å². The van der Waals surface area contributed by atoms with Gasteiger partial charge in [-0.2, -0.15) is 67.1 Å². The average molecular weight is 455 g/mol. The lowest BCUT2D eigenvalue weighted by Gasteiger charge is -2.18. The molecule has 1 heterocycles. The molecule has 0 N–H and O–H groups in total. The van der Waals surface area contributed by atoms with Crippen LogP contribution in [0.4, 0.5) is 0 Å². The van der Waals surface area contributed by atoms with Gasteiger partial charge in [-0.05, 0) is 0 Å². The minimum atomic E-state index is 0.945. The van der Waals surface area contributed by atoms with Gasteiger partial charge in [0.1, 0.15) is 0 Å². The van der Waals surface area contributed by atoms with Gasteiger partial charge < -0.3 is 0 Å². The van der Waals surface area contributed by atoms with Crippen LogP contribution in [0.25, 0.3) is 0 Å². The number of halogens is 3. The molecule has 1 aliphatic rings. The molecule has 0 radical (unpaired) electrons. The van der Waals surface area contributed by atoms with Gasteiger partial charge in [0.2, 0.25) is 13.7 Å². The Morgan fingerprint density at radius 1 is 0.667 bits per heavy atom. The first-order valence-corrected chi connectivity index (χ1v) is 6.84. The Morgan fingerprint density at radius 2 is 0.889 bits per heavy atom. The summed E-state index contributed by atoms with van der Waals surface area (Å²) in [6.45, 7) is 0. The van der Waals surface area contributed by atoms with Crippen molar-refractivity contribution in [1.29, 1.82) is 0 Å². The van der Waals surface area contributed by atoms with Gasteiger partial charge in [0.25, 0.3) is 0 Å². The van der Waals surface area contributed by atoms with Crippen molar-refractivity contribution >= 4 is 80.8 Å². The monoisotopic (exact) mass is 456 g/mol. The molecule has 0 spiro atoms. The van der Waals surface area contributed by atoms with Crippen LogP contribution in [0.5, 0.6) is 0 Å². The molecule has 0 aliphatic carbocycles. The molecule has 0 nitrogen and oxygen atoms in total. The molecular weight excluding hydrogens is 449 g/mol.